The van der Waals surface area contributed by atoms with E-state index < -0.39 is 4.92 Å². The van der Waals surface area contributed by atoms with Gasteiger partial charge in [0.15, 0.2) is 11.5 Å². The Kier molecular flexibility index (Phi) is 4.09. The van der Waals surface area contributed by atoms with Gasteiger partial charge in [0.05, 0.1) is 26.8 Å². The smallest absolute Gasteiger partial charge is 0.433 e. The molecule has 20 heavy (non-hydrogen) atoms. The highest BCUT2D eigenvalue weighted by Crippen LogP contribution is 2.30. The summed E-state index contributed by atoms with van der Waals surface area (Å²) in [6.45, 7) is 0.337. The average molecular weight is 278 g/mol. The Morgan fingerprint density at radius 1 is 1.20 bits per heavy atom. The molecule has 0 unspecified atom stereocenters. The fourth-order valence-corrected chi connectivity index (χ4v) is 1.70. The van der Waals surface area contributed by atoms with Crippen LogP contribution in [0.5, 0.6) is 11.5 Å². The van der Waals surface area contributed by atoms with Crippen molar-refractivity contribution in [2.45, 2.75) is 6.54 Å². The molecule has 7 nitrogen and oxygen atoms in total. The maximum atomic E-state index is 10.5. The molecule has 0 amide bonds. The van der Waals surface area contributed by atoms with Gasteiger partial charge in [-0.1, -0.05) is 0 Å². The van der Waals surface area contributed by atoms with Crippen molar-refractivity contribution in [3.8, 4) is 11.5 Å². The van der Waals surface area contributed by atoms with Crippen molar-refractivity contribution in [2.75, 3.05) is 19.5 Å². The SMILES string of the molecule is COc1ccc(NCc2ccc([N+](=O)[O-])o2)cc1OC. The van der Waals surface area contributed by atoms with Crippen LogP contribution in [-0.4, -0.2) is 19.1 Å². The number of hydrogen-bond acceptors (Lipinski definition) is 6. The molecule has 1 N–H and O–H groups in total. The topological polar surface area (TPSA) is 86.8 Å². The second kappa shape index (κ2) is 5.96. The number of benzene rings is 1. The molecular weight excluding hydrogens is 264 g/mol. The lowest BCUT2D eigenvalue weighted by Crippen LogP contribution is -1.99. The van der Waals surface area contributed by atoms with Crippen LogP contribution in [0.2, 0.25) is 0 Å². The highest BCUT2D eigenvalue weighted by Gasteiger charge is 2.11. The monoisotopic (exact) mass is 278 g/mol. The fourth-order valence-electron chi connectivity index (χ4n) is 1.70. The summed E-state index contributed by atoms with van der Waals surface area (Å²) in [5, 5.41) is 13.6. The third-order valence-electron chi connectivity index (χ3n) is 2.68. The molecule has 0 fully saturated rings. The van der Waals surface area contributed by atoms with Gasteiger partial charge in [-0.2, -0.15) is 0 Å². The number of nitrogens with one attached hydrogen (secondary N) is 1. The standard InChI is InChI=1S/C13H14N2O5/c1-18-11-5-3-9(7-12(11)19-2)14-8-10-4-6-13(20-10)15(16)17/h3-7,14H,8H2,1-2H3. The zero-order valence-corrected chi connectivity index (χ0v) is 11.1. The molecule has 0 atom stereocenters. The van der Waals surface area contributed by atoms with E-state index in [0.29, 0.717) is 23.8 Å². The van der Waals surface area contributed by atoms with E-state index in [0.717, 1.165) is 5.69 Å². The Labute approximate surface area is 115 Å². The minimum atomic E-state index is -0.570. The van der Waals surface area contributed by atoms with E-state index in [1.165, 1.54) is 6.07 Å². The molecule has 0 saturated heterocycles. The third kappa shape index (κ3) is 3.00. The maximum absolute atomic E-state index is 10.5. The van der Waals surface area contributed by atoms with Gasteiger partial charge in [-0.15, -0.1) is 0 Å². The normalized spacial score (nSPS) is 10.1. The van der Waals surface area contributed by atoms with Crippen LogP contribution < -0.4 is 14.8 Å². The quantitative estimate of drug-likeness (QED) is 0.645. The molecular formula is C13H14N2O5. The van der Waals surface area contributed by atoms with Gasteiger partial charge in [-0.3, -0.25) is 10.1 Å². The molecule has 0 aliphatic rings. The second-order valence-corrected chi connectivity index (χ2v) is 3.92. The van der Waals surface area contributed by atoms with Crippen LogP contribution in [0, 0.1) is 10.1 Å². The molecule has 2 aromatic rings. The van der Waals surface area contributed by atoms with E-state index in [1.807, 2.05) is 6.07 Å². The van der Waals surface area contributed by atoms with E-state index in [4.69, 9.17) is 13.9 Å². The molecule has 2 rings (SSSR count). The van der Waals surface area contributed by atoms with Crippen molar-refractivity contribution in [3.05, 3.63) is 46.2 Å². The summed E-state index contributed by atoms with van der Waals surface area (Å²) in [7, 11) is 3.12. The van der Waals surface area contributed by atoms with E-state index in [-0.39, 0.29) is 5.88 Å². The van der Waals surface area contributed by atoms with Crippen molar-refractivity contribution in [1.29, 1.82) is 0 Å². The molecule has 0 aliphatic carbocycles. The molecule has 7 heteroatoms. The highest BCUT2D eigenvalue weighted by molar-refractivity contribution is 5.54. The van der Waals surface area contributed by atoms with Gasteiger partial charge < -0.3 is 19.2 Å². The zero-order chi connectivity index (χ0) is 14.5. The summed E-state index contributed by atoms with van der Waals surface area (Å²) >= 11 is 0. The molecule has 0 spiro atoms. The van der Waals surface area contributed by atoms with Gasteiger partial charge in [0.25, 0.3) is 0 Å². The minimum absolute atomic E-state index is 0.269. The Hall–Kier alpha value is -2.70. The molecule has 106 valence electrons. The summed E-state index contributed by atoms with van der Waals surface area (Å²) in [5.41, 5.74) is 0.793. The number of furan rings is 1. The predicted octanol–water partition coefficient (Wildman–Crippen LogP) is 2.82. The van der Waals surface area contributed by atoms with Gasteiger partial charge in [0.1, 0.15) is 10.7 Å². The first kappa shape index (κ1) is 13.7. The number of hydrogen-bond donors (Lipinski definition) is 1. The Bertz CT molecular complexity index is 609. The predicted molar refractivity (Wildman–Crippen MR) is 72.2 cm³/mol. The second-order valence-electron chi connectivity index (χ2n) is 3.92. The largest absolute Gasteiger partial charge is 0.493 e. The van der Waals surface area contributed by atoms with Crippen LogP contribution in [0.15, 0.2) is 34.7 Å². The van der Waals surface area contributed by atoms with Gasteiger partial charge in [0.2, 0.25) is 0 Å². The summed E-state index contributed by atoms with van der Waals surface area (Å²) in [5.74, 6) is 1.44. The van der Waals surface area contributed by atoms with E-state index in [2.05, 4.69) is 5.32 Å². The summed E-state index contributed by atoms with van der Waals surface area (Å²) < 4.78 is 15.4. The summed E-state index contributed by atoms with van der Waals surface area (Å²) in [6, 6.07) is 8.25. The molecule has 1 aromatic heterocycles. The Morgan fingerprint density at radius 2 is 1.95 bits per heavy atom. The van der Waals surface area contributed by atoms with E-state index in [1.54, 1.807) is 32.4 Å². The number of nitro groups is 1. The fraction of sp³-hybridized carbons (Fsp3) is 0.231. The highest BCUT2D eigenvalue weighted by atomic mass is 16.6. The van der Waals surface area contributed by atoms with E-state index in [9.17, 15) is 10.1 Å². The lowest BCUT2D eigenvalue weighted by Gasteiger charge is -2.10. The van der Waals surface area contributed by atoms with Crippen molar-refractivity contribution in [2.24, 2.45) is 0 Å². The first-order chi connectivity index (χ1) is 9.63. The maximum Gasteiger partial charge on any atom is 0.433 e. The van der Waals surface area contributed by atoms with Crippen molar-refractivity contribution in [1.82, 2.24) is 0 Å². The number of rotatable bonds is 6. The van der Waals surface area contributed by atoms with E-state index >= 15 is 0 Å². The average Bonchev–Trinajstić information content (AvgIpc) is 2.94. The Balaban J connectivity index is 2.04. The number of anilines is 1. The van der Waals surface area contributed by atoms with Crippen molar-refractivity contribution < 1.29 is 18.8 Å². The van der Waals surface area contributed by atoms with Crippen LogP contribution in [0.4, 0.5) is 11.6 Å². The van der Waals surface area contributed by atoms with Crippen LogP contribution in [0.3, 0.4) is 0 Å². The molecule has 1 aromatic carbocycles. The number of ether oxygens (including phenoxy) is 2. The lowest BCUT2D eigenvalue weighted by atomic mass is 10.2. The Morgan fingerprint density at radius 3 is 2.55 bits per heavy atom. The third-order valence-corrected chi connectivity index (χ3v) is 2.68. The van der Waals surface area contributed by atoms with Crippen molar-refractivity contribution >= 4 is 11.6 Å². The van der Waals surface area contributed by atoms with Crippen LogP contribution in [0.1, 0.15) is 5.76 Å². The van der Waals surface area contributed by atoms with Gasteiger partial charge in [0, 0.05) is 11.8 Å². The van der Waals surface area contributed by atoms with Crippen LogP contribution >= 0.6 is 0 Å². The molecule has 0 saturated carbocycles. The van der Waals surface area contributed by atoms with Gasteiger partial charge in [-0.05, 0) is 18.2 Å². The van der Waals surface area contributed by atoms with Gasteiger partial charge in [-0.25, -0.2) is 0 Å². The van der Waals surface area contributed by atoms with Crippen molar-refractivity contribution in [3.63, 3.8) is 0 Å². The lowest BCUT2D eigenvalue weighted by molar-refractivity contribution is -0.402. The molecule has 0 radical (unpaired) electrons. The number of nitrogens with zero attached hydrogens (tertiary/aromatic N) is 1. The first-order valence-electron chi connectivity index (χ1n) is 5.83. The molecule has 0 aliphatic heterocycles. The zero-order valence-electron chi connectivity index (χ0n) is 11.1. The molecule has 0 bridgehead atoms. The first-order valence-corrected chi connectivity index (χ1v) is 5.83. The van der Waals surface area contributed by atoms with Gasteiger partial charge >= 0.3 is 5.88 Å². The van der Waals surface area contributed by atoms with Crippen LogP contribution in [-0.2, 0) is 6.54 Å². The van der Waals surface area contributed by atoms with Crippen LogP contribution in [0.25, 0.3) is 0 Å². The molecule has 1 heterocycles. The summed E-state index contributed by atoms with van der Waals surface area (Å²) in [4.78, 5) is 9.93. The summed E-state index contributed by atoms with van der Waals surface area (Å²) in [6.07, 6.45) is 0. The minimum Gasteiger partial charge on any atom is -0.493 e. The number of methoxy groups -OCH3 is 2.